The van der Waals surface area contributed by atoms with Crippen LogP contribution in [0.1, 0.15) is 12.8 Å². The monoisotopic (exact) mass is 231 g/mol. The second-order valence-corrected chi connectivity index (χ2v) is 5.08. The minimum absolute atomic E-state index is 0.470. The van der Waals surface area contributed by atoms with Gasteiger partial charge >= 0.3 is 0 Å². The van der Waals surface area contributed by atoms with E-state index in [-0.39, 0.29) is 0 Å². The lowest BCUT2D eigenvalue weighted by molar-refractivity contribution is 0.652. The van der Waals surface area contributed by atoms with Crippen LogP contribution < -0.4 is 0 Å². The summed E-state index contributed by atoms with van der Waals surface area (Å²) < 4.78 is 0. The topological polar surface area (TPSA) is 37.1 Å². The predicted octanol–water partition coefficient (Wildman–Crippen LogP) is 2.34. The smallest absolute Gasteiger partial charge is 0.167 e. The van der Waals surface area contributed by atoms with Gasteiger partial charge in [-0.05, 0) is 30.8 Å². The summed E-state index contributed by atoms with van der Waals surface area (Å²) >= 11 is 6.09. The number of halogens is 1. The molecule has 2 aliphatic heterocycles. The average molecular weight is 232 g/mol. The van der Waals surface area contributed by atoms with Gasteiger partial charge in [-0.3, -0.25) is 0 Å². The zero-order valence-corrected chi connectivity index (χ0v) is 9.35. The van der Waals surface area contributed by atoms with Crippen LogP contribution in [0, 0.1) is 11.8 Å². The summed E-state index contributed by atoms with van der Waals surface area (Å²) in [5.74, 6) is 1.32. The zero-order chi connectivity index (χ0) is 10.8. The summed E-state index contributed by atoms with van der Waals surface area (Å²) in [6, 6.07) is 0. The molecule has 4 heteroatoms. The highest BCUT2D eigenvalue weighted by Crippen LogP contribution is 2.46. The summed E-state index contributed by atoms with van der Waals surface area (Å²) in [5.41, 5.74) is 1.28. The van der Waals surface area contributed by atoms with Crippen LogP contribution in [-0.2, 0) is 0 Å². The number of hydrogen-bond acceptors (Lipinski definition) is 3. The number of aliphatic imine (C=N–C) groups is 3. The molecule has 0 aromatic heterocycles. The maximum absolute atomic E-state index is 6.09. The lowest BCUT2D eigenvalue weighted by Crippen LogP contribution is -2.34. The Morgan fingerprint density at radius 1 is 1.38 bits per heavy atom. The second-order valence-electron chi connectivity index (χ2n) is 4.72. The van der Waals surface area contributed by atoms with E-state index in [2.05, 4.69) is 33.2 Å². The molecule has 0 N–H and O–H groups in total. The highest BCUT2D eigenvalue weighted by Gasteiger charge is 2.49. The van der Waals surface area contributed by atoms with Gasteiger partial charge in [-0.2, -0.15) is 0 Å². The molecule has 0 aromatic carbocycles. The molecule has 0 bridgehead atoms. The number of allylic oxidation sites excluding steroid dienone is 2. The Labute approximate surface area is 98.3 Å². The Kier molecular flexibility index (Phi) is 1.51. The predicted molar refractivity (Wildman–Crippen MR) is 65.4 cm³/mol. The quantitative estimate of drug-likeness (QED) is 0.622. The van der Waals surface area contributed by atoms with E-state index < -0.39 is 5.54 Å². The minimum Gasteiger partial charge on any atom is -0.250 e. The Balaban J connectivity index is 1.84. The average Bonchev–Trinajstić information content (AvgIpc) is 2.96. The van der Waals surface area contributed by atoms with Gasteiger partial charge in [0.15, 0.2) is 10.7 Å². The second kappa shape index (κ2) is 2.72. The lowest BCUT2D eigenvalue weighted by Gasteiger charge is -2.24. The summed E-state index contributed by atoms with van der Waals surface area (Å²) in [4.78, 5) is 13.0. The number of hydrogen-bond donors (Lipinski definition) is 0. The van der Waals surface area contributed by atoms with Crippen LogP contribution in [-0.4, -0.2) is 22.8 Å². The van der Waals surface area contributed by atoms with E-state index in [1.54, 1.807) is 6.34 Å². The summed E-state index contributed by atoms with van der Waals surface area (Å²) in [6.07, 6.45) is 10.8. The molecule has 2 atom stereocenters. The third-order valence-corrected chi connectivity index (χ3v) is 3.95. The molecule has 0 aromatic rings. The molecular weight excluding hydrogens is 222 g/mol. The first-order valence-electron chi connectivity index (χ1n) is 5.58. The van der Waals surface area contributed by atoms with Gasteiger partial charge in [-0.15, -0.1) is 0 Å². The standard InChI is InChI=1S/C12H10ClN3/c13-11-10-12(15-6-14-10)4-3-8(7-1-2-7)5-9(12)16-11/h3-8H,1-2H2. The van der Waals surface area contributed by atoms with Crippen LogP contribution in [0.2, 0.25) is 0 Å². The van der Waals surface area contributed by atoms with E-state index in [1.165, 1.54) is 12.8 Å². The highest BCUT2D eigenvalue weighted by molar-refractivity contribution is 6.86. The fraction of sp³-hybridized carbons (Fsp3) is 0.417. The van der Waals surface area contributed by atoms with Crippen molar-refractivity contribution in [3.05, 3.63) is 23.9 Å². The van der Waals surface area contributed by atoms with Gasteiger partial charge in [0.2, 0.25) is 0 Å². The molecule has 4 rings (SSSR count). The van der Waals surface area contributed by atoms with E-state index in [9.17, 15) is 0 Å². The molecule has 1 spiro atoms. The van der Waals surface area contributed by atoms with Crippen LogP contribution in [0.25, 0.3) is 0 Å². The molecule has 2 unspecified atom stereocenters. The van der Waals surface area contributed by atoms with Gasteiger partial charge in [-0.1, -0.05) is 23.8 Å². The van der Waals surface area contributed by atoms with E-state index in [4.69, 9.17) is 11.6 Å². The van der Waals surface area contributed by atoms with E-state index in [0.717, 1.165) is 17.3 Å². The Hall–Kier alpha value is -1.22. The van der Waals surface area contributed by atoms with Gasteiger partial charge in [0.25, 0.3) is 0 Å². The molecule has 4 aliphatic rings. The van der Waals surface area contributed by atoms with Crippen LogP contribution in [0.3, 0.4) is 0 Å². The summed E-state index contributed by atoms with van der Waals surface area (Å²) in [6.45, 7) is 0. The molecule has 3 nitrogen and oxygen atoms in total. The Bertz CT molecular complexity index is 522. The molecule has 0 saturated heterocycles. The van der Waals surface area contributed by atoms with Crippen LogP contribution in [0.4, 0.5) is 0 Å². The van der Waals surface area contributed by atoms with Gasteiger partial charge < -0.3 is 0 Å². The molecule has 1 fully saturated rings. The lowest BCUT2D eigenvalue weighted by atomic mass is 9.84. The first-order chi connectivity index (χ1) is 7.79. The van der Waals surface area contributed by atoms with Crippen molar-refractivity contribution in [2.24, 2.45) is 26.8 Å². The first-order valence-corrected chi connectivity index (χ1v) is 5.95. The van der Waals surface area contributed by atoms with Crippen molar-refractivity contribution in [3.63, 3.8) is 0 Å². The van der Waals surface area contributed by atoms with Crippen molar-refractivity contribution in [2.45, 2.75) is 18.4 Å². The first kappa shape index (κ1) is 8.88. The van der Waals surface area contributed by atoms with E-state index >= 15 is 0 Å². The van der Waals surface area contributed by atoms with Crippen molar-refractivity contribution < 1.29 is 0 Å². The van der Waals surface area contributed by atoms with Crippen LogP contribution in [0.5, 0.6) is 0 Å². The van der Waals surface area contributed by atoms with Gasteiger partial charge in [0, 0.05) is 0 Å². The Morgan fingerprint density at radius 3 is 3.06 bits per heavy atom. The molecule has 2 heterocycles. The molecule has 2 aliphatic carbocycles. The fourth-order valence-electron chi connectivity index (χ4n) is 2.61. The molecule has 0 radical (unpaired) electrons. The van der Waals surface area contributed by atoms with Gasteiger partial charge in [0.1, 0.15) is 12.1 Å². The van der Waals surface area contributed by atoms with Crippen LogP contribution in [0.15, 0.2) is 38.9 Å². The number of nitrogens with zero attached hydrogens (tertiary/aromatic N) is 3. The molecule has 1 saturated carbocycles. The molecule has 16 heavy (non-hydrogen) atoms. The zero-order valence-electron chi connectivity index (χ0n) is 8.60. The summed E-state index contributed by atoms with van der Waals surface area (Å²) in [7, 11) is 0. The normalized spacial score (nSPS) is 39.1. The molecule has 80 valence electrons. The van der Waals surface area contributed by atoms with E-state index in [1.807, 2.05) is 0 Å². The van der Waals surface area contributed by atoms with Crippen molar-refractivity contribution >= 4 is 28.8 Å². The largest absolute Gasteiger partial charge is 0.250 e. The van der Waals surface area contributed by atoms with Gasteiger partial charge in [0.05, 0.1) is 5.70 Å². The minimum atomic E-state index is -0.470. The van der Waals surface area contributed by atoms with E-state index in [0.29, 0.717) is 11.1 Å². The fourth-order valence-corrected chi connectivity index (χ4v) is 2.90. The maximum atomic E-state index is 6.09. The van der Waals surface area contributed by atoms with Crippen molar-refractivity contribution in [3.8, 4) is 0 Å². The highest BCUT2D eigenvalue weighted by atomic mass is 35.5. The van der Waals surface area contributed by atoms with Crippen molar-refractivity contribution in [1.82, 2.24) is 0 Å². The van der Waals surface area contributed by atoms with Crippen molar-refractivity contribution in [2.75, 3.05) is 0 Å². The summed E-state index contributed by atoms with van der Waals surface area (Å²) in [5, 5.41) is 0.491. The molecule has 0 amide bonds. The van der Waals surface area contributed by atoms with Crippen molar-refractivity contribution in [1.29, 1.82) is 0 Å². The maximum Gasteiger partial charge on any atom is 0.167 e. The third-order valence-electron chi connectivity index (χ3n) is 3.69. The Morgan fingerprint density at radius 2 is 2.25 bits per heavy atom. The third kappa shape index (κ3) is 0.969. The number of rotatable bonds is 1. The SMILES string of the molecule is ClC1=NC2=CC(C3CC3)C=CC23N=CN=C13. The van der Waals surface area contributed by atoms with Crippen LogP contribution >= 0.6 is 11.6 Å². The van der Waals surface area contributed by atoms with Gasteiger partial charge in [-0.25, -0.2) is 15.0 Å². The molecular formula is C12H10ClN3.